The highest BCUT2D eigenvalue weighted by molar-refractivity contribution is 5.92. The van der Waals surface area contributed by atoms with Crippen LogP contribution < -0.4 is 10.6 Å². The molecular formula is C28H32Cl2N6O. The number of hydrogen-bond acceptors (Lipinski definition) is 5. The van der Waals surface area contributed by atoms with Gasteiger partial charge in [-0.3, -0.25) is 14.7 Å². The zero-order chi connectivity index (χ0) is 23.9. The van der Waals surface area contributed by atoms with Crippen LogP contribution in [0.3, 0.4) is 0 Å². The number of pyridine rings is 1. The molecule has 0 unspecified atom stereocenters. The standard InChI is InChI=1S/C28H30N6O.2ClH/c1-19-8-9-22-23(31-19)5-3-6-24(22)33-16-14-32(15-17-33)13-12-20-4-2-7-25-21(20)10-11-26-27(28(29)35)30-18-34(25)26;;/h2-9,18H,10-17H2,1H3,(H2,29,35);2*1H. The van der Waals surface area contributed by atoms with Gasteiger partial charge in [-0.25, -0.2) is 4.98 Å². The molecule has 6 rings (SSSR count). The summed E-state index contributed by atoms with van der Waals surface area (Å²) in [6, 6.07) is 17.2. The van der Waals surface area contributed by atoms with Crippen LogP contribution in [0, 0.1) is 6.92 Å². The maximum Gasteiger partial charge on any atom is 0.269 e. The van der Waals surface area contributed by atoms with Gasteiger partial charge in [-0.1, -0.05) is 18.2 Å². The molecule has 2 N–H and O–H groups in total. The zero-order valence-electron chi connectivity index (χ0n) is 20.9. The molecule has 0 atom stereocenters. The molecule has 37 heavy (non-hydrogen) atoms. The van der Waals surface area contributed by atoms with Crippen LogP contribution in [0.25, 0.3) is 16.6 Å². The van der Waals surface area contributed by atoms with Gasteiger partial charge in [0.25, 0.3) is 5.91 Å². The maximum atomic E-state index is 11.7. The largest absolute Gasteiger partial charge is 0.368 e. The van der Waals surface area contributed by atoms with E-state index in [9.17, 15) is 4.79 Å². The number of halogens is 2. The number of benzene rings is 2. The number of amides is 1. The van der Waals surface area contributed by atoms with Crippen LogP contribution in [0.15, 0.2) is 54.9 Å². The fourth-order valence-corrected chi connectivity index (χ4v) is 5.65. The number of imidazole rings is 1. The van der Waals surface area contributed by atoms with E-state index < -0.39 is 5.91 Å². The molecule has 1 fully saturated rings. The van der Waals surface area contributed by atoms with E-state index in [0.29, 0.717) is 5.69 Å². The number of aryl methyl sites for hydroxylation is 1. The minimum absolute atomic E-state index is 0. The van der Waals surface area contributed by atoms with Gasteiger partial charge in [0.1, 0.15) is 12.0 Å². The molecule has 1 saturated heterocycles. The molecule has 9 heteroatoms. The average Bonchev–Trinajstić information content (AvgIpc) is 3.32. The van der Waals surface area contributed by atoms with Gasteiger partial charge in [0.05, 0.1) is 16.9 Å². The number of nitrogens with two attached hydrogens (primary N) is 1. The molecule has 2 aromatic heterocycles. The highest BCUT2D eigenvalue weighted by Crippen LogP contribution is 2.30. The molecule has 2 aliphatic heterocycles. The lowest BCUT2D eigenvalue weighted by molar-refractivity contribution is 0.0995. The molecule has 0 saturated carbocycles. The van der Waals surface area contributed by atoms with Crippen molar-refractivity contribution in [2.24, 2.45) is 5.73 Å². The lowest BCUT2D eigenvalue weighted by Gasteiger charge is -2.36. The van der Waals surface area contributed by atoms with Gasteiger partial charge < -0.3 is 15.2 Å². The molecule has 1 amide bonds. The Kier molecular flexibility index (Phi) is 8.07. The number of carbonyl (C=O) groups is 1. The van der Waals surface area contributed by atoms with Gasteiger partial charge >= 0.3 is 0 Å². The molecule has 7 nitrogen and oxygen atoms in total. The van der Waals surface area contributed by atoms with Crippen LogP contribution in [0.4, 0.5) is 5.69 Å². The van der Waals surface area contributed by atoms with Crippen molar-refractivity contribution in [1.29, 1.82) is 0 Å². The molecule has 0 aliphatic carbocycles. The van der Waals surface area contributed by atoms with Crippen LogP contribution in [0.5, 0.6) is 0 Å². The quantitative estimate of drug-likeness (QED) is 0.413. The fourth-order valence-electron chi connectivity index (χ4n) is 5.65. The van der Waals surface area contributed by atoms with Crippen molar-refractivity contribution in [2.45, 2.75) is 26.2 Å². The molecule has 0 bridgehead atoms. The lowest BCUT2D eigenvalue weighted by Crippen LogP contribution is -2.47. The molecular weight excluding hydrogens is 507 g/mol. The van der Waals surface area contributed by atoms with Crippen LogP contribution >= 0.6 is 24.8 Å². The van der Waals surface area contributed by atoms with Crippen molar-refractivity contribution in [3.8, 4) is 5.69 Å². The summed E-state index contributed by atoms with van der Waals surface area (Å²) in [4.78, 5) is 25.8. The Labute approximate surface area is 229 Å². The highest BCUT2D eigenvalue weighted by Gasteiger charge is 2.24. The van der Waals surface area contributed by atoms with E-state index >= 15 is 0 Å². The topological polar surface area (TPSA) is 80.3 Å². The van der Waals surface area contributed by atoms with Crippen molar-refractivity contribution >= 4 is 47.3 Å². The lowest BCUT2D eigenvalue weighted by atomic mass is 9.94. The third-order valence-corrected chi connectivity index (χ3v) is 7.48. The monoisotopic (exact) mass is 538 g/mol. The Balaban J connectivity index is 0.00000160. The number of anilines is 1. The Morgan fingerprint density at radius 1 is 0.946 bits per heavy atom. The summed E-state index contributed by atoms with van der Waals surface area (Å²) in [6.45, 7) is 7.24. The van der Waals surface area contributed by atoms with Gasteiger partial charge in [-0.2, -0.15) is 0 Å². The number of carbonyl (C=O) groups excluding carboxylic acids is 1. The van der Waals surface area contributed by atoms with E-state index in [4.69, 9.17) is 10.7 Å². The molecule has 4 heterocycles. The number of rotatable bonds is 5. The van der Waals surface area contributed by atoms with Gasteiger partial charge in [-0.05, 0) is 67.6 Å². The van der Waals surface area contributed by atoms with Gasteiger partial charge in [0, 0.05) is 49.5 Å². The smallest absolute Gasteiger partial charge is 0.269 e. The van der Waals surface area contributed by atoms with Gasteiger partial charge in [0.2, 0.25) is 0 Å². The van der Waals surface area contributed by atoms with Crippen molar-refractivity contribution < 1.29 is 4.79 Å². The summed E-state index contributed by atoms with van der Waals surface area (Å²) < 4.78 is 2.04. The predicted molar refractivity (Wildman–Crippen MR) is 153 cm³/mol. The molecule has 0 radical (unpaired) electrons. The van der Waals surface area contributed by atoms with Crippen LogP contribution in [-0.2, 0) is 19.3 Å². The molecule has 0 spiro atoms. The van der Waals surface area contributed by atoms with Crippen LogP contribution in [0.2, 0.25) is 0 Å². The minimum Gasteiger partial charge on any atom is -0.368 e. The van der Waals surface area contributed by atoms with E-state index in [-0.39, 0.29) is 24.8 Å². The van der Waals surface area contributed by atoms with Crippen molar-refractivity contribution in [3.05, 3.63) is 83.1 Å². The minimum atomic E-state index is -0.452. The number of aromatic nitrogens is 3. The number of fused-ring (bicyclic) bond motifs is 4. The SMILES string of the molecule is Cc1ccc2c(N3CCN(CCc4cccc5c4CCc4c(C(N)=O)ncn4-5)CC3)cccc2n1.Cl.Cl. The summed E-state index contributed by atoms with van der Waals surface area (Å²) in [5, 5.41) is 1.24. The Bertz CT molecular complexity index is 1430. The predicted octanol–water partition coefficient (Wildman–Crippen LogP) is 4.13. The van der Waals surface area contributed by atoms with Crippen molar-refractivity contribution in [2.75, 3.05) is 37.6 Å². The first-order valence-corrected chi connectivity index (χ1v) is 12.4. The third-order valence-electron chi connectivity index (χ3n) is 7.48. The third kappa shape index (κ3) is 5.04. The number of nitrogens with zero attached hydrogens (tertiary/aromatic N) is 5. The first-order chi connectivity index (χ1) is 17.1. The molecule has 2 aromatic carbocycles. The van der Waals surface area contributed by atoms with E-state index in [1.807, 2.05) is 11.5 Å². The molecule has 4 aromatic rings. The van der Waals surface area contributed by atoms with E-state index in [1.165, 1.54) is 22.2 Å². The average molecular weight is 540 g/mol. The summed E-state index contributed by atoms with van der Waals surface area (Å²) in [7, 11) is 0. The second-order valence-electron chi connectivity index (χ2n) is 9.56. The Morgan fingerprint density at radius 2 is 1.70 bits per heavy atom. The zero-order valence-corrected chi connectivity index (χ0v) is 22.5. The maximum absolute atomic E-state index is 11.7. The first-order valence-electron chi connectivity index (χ1n) is 12.4. The van der Waals surface area contributed by atoms with Gasteiger partial charge in [0.15, 0.2) is 0 Å². The summed E-state index contributed by atoms with van der Waals surface area (Å²) in [5.41, 5.74) is 14.1. The van der Waals surface area contributed by atoms with Crippen LogP contribution in [0.1, 0.15) is 33.0 Å². The van der Waals surface area contributed by atoms with Crippen LogP contribution in [-0.4, -0.2) is 58.1 Å². The summed E-state index contributed by atoms with van der Waals surface area (Å²) in [5.74, 6) is -0.452. The summed E-state index contributed by atoms with van der Waals surface area (Å²) in [6.07, 6.45) is 4.47. The second-order valence-corrected chi connectivity index (χ2v) is 9.56. The molecule has 194 valence electrons. The second kappa shape index (κ2) is 11.1. The van der Waals surface area contributed by atoms with E-state index in [0.717, 1.165) is 74.6 Å². The van der Waals surface area contributed by atoms with Crippen molar-refractivity contribution in [3.63, 3.8) is 0 Å². The number of hydrogen-bond donors (Lipinski definition) is 1. The van der Waals surface area contributed by atoms with E-state index in [1.54, 1.807) is 6.33 Å². The Hall–Kier alpha value is -3.13. The van der Waals surface area contributed by atoms with E-state index in [2.05, 4.69) is 63.3 Å². The Morgan fingerprint density at radius 3 is 2.49 bits per heavy atom. The van der Waals surface area contributed by atoms with Crippen molar-refractivity contribution in [1.82, 2.24) is 19.4 Å². The number of primary amides is 1. The highest BCUT2D eigenvalue weighted by atomic mass is 35.5. The fraction of sp³-hybridized carbons (Fsp3) is 0.321. The first kappa shape index (κ1) is 26.9. The summed E-state index contributed by atoms with van der Waals surface area (Å²) >= 11 is 0. The normalized spacial score (nSPS) is 14.9. The van der Waals surface area contributed by atoms with Gasteiger partial charge in [-0.15, -0.1) is 24.8 Å². The molecule has 2 aliphatic rings. The number of piperazine rings is 1.